The number of ether oxygens (including phenoxy) is 2. The predicted octanol–water partition coefficient (Wildman–Crippen LogP) is 2.88. The first-order valence-electron chi connectivity index (χ1n) is 9.60. The molecule has 1 saturated heterocycles. The van der Waals surface area contributed by atoms with Crippen molar-refractivity contribution in [3.8, 4) is 5.75 Å². The quantitative estimate of drug-likeness (QED) is 0.307. The summed E-state index contributed by atoms with van der Waals surface area (Å²) in [6.07, 6.45) is 1.04. The Kier molecular flexibility index (Phi) is 7.40. The number of nitrogens with one attached hydrogen (secondary N) is 2. The summed E-state index contributed by atoms with van der Waals surface area (Å²) in [5, 5.41) is 17.5. The molecule has 8 nitrogen and oxygen atoms in total. The van der Waals surface area contributed by atoms with Crippen LogP contribution in [-0.2, 0) is 17.8 Å². The fourth-order valence-electron chi connectivity index (χ4n) is 2.98. The normalized spacial score (nSPS) is 16.4. The Morgan fingerprint density at radius 2 is 1.90 bits per heavy atom. The first-order chi connectivity index (χ1) is 14.1. The van der Waals surface area contributed by atoms with E-state index < -0.39 is 4.92 Å². The molecule has 2 N–H and O–H groups in total. The lowest BCUT2D eigenvalue weighted by molar-refractivity contribution is -0.384. The molecule has 0 radical (unpaired) electrons. The van der Waals surface area contributed by atoms with E-state index in [2.05, 4.69) is 15.6 Å². The van der Waals surface area contributed by atoms with Crippen LogP contribution >= 0.6 is 0 Å². The summed E-state index contributed by atoms with van der Waals surface area (Å²) >= 11 is 0. The highest BCUT2D eigenvalue weighted by atomic mass is 16.6. The number of guanidine groups is 1. The molecule has 1 atom stereocenters. The topological polar surface area (TPSA) is 98.0 Å². The molecule has 1 heterocycles. The second-order valence-electron chi connectivity index (χ2n) is 6.90. The molecule has 154 valence electrons. The zero-order valence-corrected chi connectivity index (χ0v) is 16.5. The minimum absolute atomic E-state index is 0.0847. The van der Waals surface area contributed by atoms with Crippen LogP contribution in [-0.4, -0.2) is 37.8 Å². The van der Waals surface area contributed by atoms with Crippen LogP contribution in [0.5, 0.6) is 5.75 Å². The number of nitrogens with zero attached hydrogens (tertiary/aromatic N) is 2. The fraction of sp³-hybridized carbons (Fsp3) is 0.381. The Labute approximate surface area is 170 Å². The fourth-order valence-corrected chi connectivity index (χ4v) is 2.98. The first-order valence-corrected chi connectivity index (χ1v) is 9.60. The standard InChI is InChI=1S/C21H26N4O4/c1-28-20-8-4-17(5-9-20)13-23-21(24-14-18-10-11-29-15-18)22-12-16-2-6-19(7-3-16)25(26)27/h2-9,18H,10-15H2,1H3,(H2,22,23,24). The average molecular weight is 398 g/mol. The van der Waals surface area contributed by atoms with E-state index in [0.717, 1.165) is 43.1 Å². The summed E-state index contributed by atoms with van der Waals surface area (Å²) in [4.78, 5) is 15.1. The Bertz CT molecular complexity index is 816. The smallest absolute Gasteiger partial charge is 0.269 e. The van der Waals surface area contributed by atoms with Gasteiger partial charge in [-0.05, 0) is 29.7 Å². The van der Waals surface area contributed by atoms with Gasteiger partial charge in [0.05, 0.1) is 25.2 Å². The Hall–Kier alpha value is -3.13. The van der Waals surface area contributed by atoms with Crippen molar-refractivity contribution in [2.24, 2.45) is 10.9 Å². The van der Waals surface area contributed by atoms with Gasteiger partial charge >= 0.3 is 0 Å². The number of hydrogen-bond acceptors (Lipinski definition) is 5. The Balaban J connectivity index is 1.61. The van der Waals surface area contributed by atoms with E-state index in [0.29, 0.717) is 25.0 Å². The van der Waals surface area contributed by atoms with E-state index in [1.54, 1.807) is 19.2 Å². The van der Waals surface area contributed by atoms with Crippen molar-refractivity contribution in [3.05, 3.63) is 69.8 Å². The lowest BCUT2D eigenvalue weighted by Crippen LogP contribution is -2.39. The molecule has 0 amide bonds. The molecule has 0 saturated carbocycles. The van der Waals surface area contributed by atoms with Gasteiger partial charge in [-0.1, -0.05) is 24.3 Å². The second-order valence-corrected chi connectivity index (χ2v) is 6.90. The SMILES string of the molecule is COc1ccc(CN=C(NCc2ccc([N+](=O)[O-])cc2)NCC2CCOC2)cc1. The van der Waals surface area contributed by atoms with Gasteiger partial charge in [-0.2, -0.15) is 0 Å². The van der Waals surface area contributed by atoms with Gasteiger partial charge in [-0.25, -0.2) is 4.99 Å². The van der Waals surface area contributed by atoms with Gasteiger partial charge in [0.1, 0.15) is 5.75 Å². The summed E-state index contributed by atoms with van der Waals surface area (Å²) in [6, 6.07) is 14.3. The second kappa shape index (κ2) is 10.4. The number of non-ortho nitro benzene ring substituents is 1. The molecule has 1 unspecified atom stereocenters. The van der Waals surface area contributed by atoms with Gasteiger partial charge in [-0.3, -0.25) is 10.1 Å². The Morgan fingerprint density at radius 3 is 2.52 bits per heavy atom. The van der Waals surface area contributed by atoms with Crippen LogP contribution in [0.15, 0.2) is 53.5 Å². The molecule has 1 aliphatic rings. The van der Waals surface area contributed by atoms with E-state index in [1.165, 1.54) is 12.1 Å². The van der Waals surface area contributed by atoms with E-state index in [-0.39, 0.29) is 5.69 Å². The maximum absolute atomic E-state index is 10.8. The zero-order chi connectivity index (χ0) is 20.5. The van der Waals surface area contributed by atoms with Crippen molar-refractivity contribution in [1.29, 1.82) is 0 Å². The molecule has 2 aromatic carbocycles. The third-order valence-electron chi connectivity index (χ3n) is 4.77. The van der Waals surface area contributed by atoms with E-state index in [9.17, 15) is 10.1 Å². The van der Waals surface area contributed by atoms with Gasteiger partial charge in [0.2, 0.25) is 0 Å². The van der Waals surface area contributed by atoms with Gasteiger partial charge < -0.3 is 20.1 Å². The molecule has 1 aliphatic heterocycles. The van der Waals surface area contributed by atoms with Gasteiger partial charge in [0.25, 0.3) is 5.69 Å². The number of rotatable bonds is 8. The third kappa shape index (κ3) is 6.46. The van der Waals surface area contributed by atoms with E-state index in [1.807, 2.05) is 24.3 Å². The van der Waals surface area contributed by atoms with Crippen LogP contribution in [0.3, 0.4) is 0 Å². The molecule has 3 rings (SSSR count). The molecule has 0 aromatic heterocycles. The number of methoxy groups -OCH3 is 1. The minimum atomic E-state index is -0.399. The molecule has 2 aromatic rings. The van der Waals surface area contributed by atoms with Gasteiger partial charge in [-0.15, -0.1) is 0 Å². The molecule has 8 heteroatoms. The highest BCUT2D eigenvalue weighted by Crippen LogP contribution is 2.13. The van der Waals surface area contributed by atoms with Crippen LogP contribution in [0.2, 0.25) is 0 Å². The van der Waals surface area contributed by atoms with Crippen molar-refractivity contribution in [2.45, 2.75) is 19.5 Å². The predicted molar refractivity (Wildman–Crippen MR) is 111 cm³/mol. The van der Waals surface area contributed by atoms with Crippen LogP contribution < -0.4 is 15.4 Å². The summed E-state index contributed by atoms with van der Waals surface area (Å²) in [7, 11) is 1.64. The summed E-state index contributed by atoms with van der Waals surface area (Å²) in [6.45, 7) is 3.41. The molecule has 0 bridgehead atoms. The van der Waals surface area contributed by atoms with Crippen molar-refractivity contribution in [3.63, 3.8) is 0 Å². The first kappa shape index (κ1) is 20.6. The number of aliphatic imine (C=N–C) groups is 1. The number of benzene rings is 2. The molecule has 0 spiro atoms. The summed E-state index contributed by atoms with van der Waals surface area (Å²) in [5.41, 5.74) is 2.10. The van der Waals surface area contributed by atoms with Gasteiger partial charge in [0, 0.05) is 37.7 Å². The highest BCUT2D eigenvalue weighted by molar-refractivity contribution is 5.79. The van der Waals surface area contributed by atoms with Crippen molar-refractivity contribution in [1.82, 2.24) is 10.6 Å². The Morgan fingerprint density at radius 1 is 1.17 bits per heavy atom. The molecule has 0 aliphatic carbocycles. The molecular formula is C21H26N4O4. The highest BCUT2D eigenvalue weighted by Gasteiger charge is 2.15. The van der Waals surface area contributed by atoms with Crippen LogP contribution in [0.4, 0.5) is 5.69 Å². The molecule has 29 heavy (non-hydrogen) atoms. The maximum atomic E-state index is 10.8. The third-order valence-corrected chi connectivity index (χ3v) is 4.77. The number of hydrogen-bond donors (Lipinski definition) is 2. The number of nitro benzene ring substituents is 1. The van der Waals surface area contributed by atoms with Crippen LogP contribution in [0.1, 0.15) is 17.5 Å². The summed E-state index contributed by atoms with van der Waals surface area (Å²) in [5.74, 6) is 1.99. The zero-order valence-electron chi connectivity index (χ0n) is 16.5. The van der Waals surface area contributed by atoms with E-state index >= 15 is 0 Å². The van der Waals surface area contributed by atoms with Crippen molar-refractivity contribution in [2.75, 3.05) is 26.9 Å². The van der Waals surface area contributed by atoms with Crippen molar-refractivity contribution < 1.29 is 14.4 Å². The minimum Gasteiger partial charge on any atom is -0.497 e. The summed E-state index contributed by atoms with van der Waals surface area (Å²) < 4.78 is 10.6. The molecular weight excluding hydrogens is 372 g/mol. The lowest BCUT2D eigenvalue weighted by atomic mass is 10.1. The van der Waals surface area contributed by atoms with Crippen LogP contribution in [0, 0.1) is 16.0 Å². The van der Waals surface area contributed by atoms with Crippen molar-refractivity contribution >= 4 is 11.6 Å². The van der Waals surface area contributed by atoms with E-state index in [4.69, 9.17) is 9.47 Å². The van der Waals surface area contributed by atoms with Gasteiger partial charge in [0.15, 0.2) is 5.96 Å². The number of nitro groups is 1. The molecule has 1 fully saturated rings. The van der Waals surface area contributed by atoms with Crippen LogP contribution in [0.25, 0.3) is 0 Å². The maximum Gasteiger partial charge on any atom is 0.269 e. The monoisotopic (exact) mass is 398 g/mol. The average Bonchev–Trinajstić information content (AvgIpc) is 3.27. The lowest BCUT2D eigenvalue weighted by Gasteiger charge is -2.15. The largest absolute Gasteiger partial charge is 0.497 e.